The first kappa shape index (κ1) is 14.1. The summed E-state index contributed by atoms with van der Waals surface area (Å²) in [7, 11) is -3.11. The number of piperazine rings is 1. The fourth-order valence-electron chi connectivity index (χ4n) is 2.07. The fourth-order valence-corrected chi connectivity index (χ4v) is 3.11. The van der Waals surface area contributed by atoms with Crippen LogP contribution in [0, 0.1) is 11.3 Å². The van der Waals surface area contributed by atoms with Crippen molar-refractivity contribution in [2.24, 2.45) is 0 Å². The van der Waals surface area contributed by atoms with Crippen molar-refractivity contribution in [2.75, 3.05) is 37.3 Å². The Kier molecular flexibility index (Phi) is 3.99. The lowest BCUT2D eigenvalue weighted by atomic mass is 10.2. The maximum atomic E-state index is 11.4. The van der Waals surface area contributed by atoms with Crippen molar-refractivity contribution in [3.8, 4) is 6.07 Å². The Morgan fingerprint density at radius 2 is 1.89 bits per heavy atom. The van der Waals surface area contributed by atoms with E-state index >= 15 is 0 Å². The second-order valence-electron chi connectivity index (χ2n) is 4.43. The van der Waals surface area contributed by atoms with Gasteiger partial charge in [-0.2, -0.15) is 9.57 Å². The Bertz CT molecular complexity index is 616. The van der Waals surface area contributed by atoms with Crippen molar-refractivity contribution in [3.63, 3.8) is 0 Å². The number of hydrogen-bond donors (Lipinski definition) is 0. The Morgan fingerprint density at radius 3 is 2.37 bits per heavy atom. The molecule has 1 aromatic carbocycles. The summed E-state index contributed by atoms with van der Waals surface area (Å²) in [6.07, 6.45) is 1.22. The average molecular weight is 300 g/mol. The largest absolute Gasteiger partial charge is 0.369 e. The van der Waals surface area contributed by atoms with Gasteiger partial charge in [0.05, 0.1) is 16.8 Å². The fraction of sp³-hybridized carbons (Fsp3) is 0.417. The molecular weight excluding hydrogens is 286 g/mol. The van der Waals surface area contributed by atoms with E-state index in [0.29, 0.717) is 36.8 Å². The van der Waals surface area contributed by atoms with Crippen LogP contribution in [0.15, 0.2) is 18.2 Å². The predicted molar refractivity (Wildman–Crippen MR) is 74.8 cm³/mol. The maximum Gasteiger partial charge on any atom is 0.211 e. The maximum absolute atomic E-state index is 11.4. The molecule has 0 bridgehead atoms. The molecule has 0 unspecified atom stereocenters. The third-order valence-corrected chi connectivity index (χ3v) is 4.76. The van der Waals surface area contributed by atoms with Crippen LogP contribution in [-0.2, 0) is 10.0 Å². The van der Waals surface area contributed by atoms with Gasteiger partial charge in [-0.05, 0) is 18.2 Å². The van der Waals surface area contributed by atoms with E-state index in [1.807, 2.05) is 12.1 Å². The lowest BCUT2D eigenvalue weighted by Gasteiger charge is -2.34. The van der Waals surface area contributed by atoms with Crippen LogP contribution in [0.25, 0.3) is 0 Å². The zero-order chi connectivity index (χ0) is 14.0. The summed E-state index contributed by atoms with van der Waals surface area (Å²) in [6.45, 7) is 2.18. The Hall–Kier alpha value is -1.29. The van der Waals surface area contributed by atoms with Crippen LogP contribution >= 0.6 is 11.6 Å². The van der Waals surface area contributed by atoms with Gasteiger partial charge in [0.15, 0.2) is 0 Å². The number of nitriles is 1. The van der Waals surface area contributed by atoms with Crippen molar-refractivity contribution in [2.45, 2.75) is 0 Å². The predicted octanol–water partition coefficient (Wildman–Crippen LogP) is 1.29. The Balaban J connectivity index is 2.10. The van der Waals surface area contributed by atoms with Gasteiger partial charge in [0, 0.05) is 31.9 Å². The van der Waals surface area contributed by atoms with Crippen LogP contribution in [0.3, 0.4) is 0 Å². The van der Waals surface area contributed by atoms with E-state index in [4.69, 9.17) is 16.9 Å². The van der Waals surface area contributed by atoms with E-state index in [1.54, 1.807) is 12.1 Å². The summed E-state index contributed by atoms with van der Waals surface area (Å²) in [6, 6.07) is 7.28. The first-order chi connectivity index (χ1) is 8.91. The Labute approximate surface area is 118 Å². The topological polar surface area (TPSA) is 64.4 Å². The highest BCUT2D eigenvalue weighted by Crippen LogP contribution is 2.24. The zero-order valence-corrected chi connectivity index (χ0v) is 12.1. The number of sulfonamides is 1. The first-order valence-corrected chi connectivity index (χ1v) is 8.04. The van der Waals surface area contributed by atoms with Gasteiger partial charge in [-0.1, -0.05) is 11.6 Å². The molecule has 0 spiro atoms. The normalized spacial score (nSPS) is 17.2. The van der Waals surface area contributed by atoms with E-state index in [-0.39, 0.29) is 0 Å². The van der Waals surface area contributed by atoms with Gasteiger partial charge in [-0.25, -0.2) is 8.42 Å². The summed E-state index contributed by atoms with van der Waals surface area (Å²) in [5, 5.41) is 9.24. The molecule has 0 aliphatic carbocycles. The molecule has 0 aromatic heterocycles. The smallest absolute Gasteiger partial charge is 0.211 e. The molecule has 1 aromatic rings. The van der Waals surface area contributed by atoms with Gasteiger partial charge in [0.2, 0.25) is 10.0 Å². The molecule has 5 nitrogen and oxygen atoms in total. The zero-order valence-electron chi connectivity index (χ0n) is 10.5. The summed E-state index contributed by atoms with van der Waals surface area (Å²) in [4.78, 5) is 2.06. The Morgan fingerprint density at radius 1 is 1.26 bits per heavy atom. The molecule has 1 aliphatic rings. The molecule has 1 heterocycles. The minimum Gasteiger partial charge on any atom is -0.369 e. The lowest BCUT2D eigenvalue weighted by molar-refractivity contribution is 0.388. The van der Waals surface area contributed by atoms with Crippen molar-refractivity contribution in [3.05, 3.63) is 28.8 Å². The second-order valence-corrected chi connectivity index (χ2v) is 6.81. The van der Waals surface area contributed by atoms with Crippen LogP contribution in [0.2, 0.25) is 5.02 Å². The van der Waals surface area contributed by atoms with Crippen molar-refractivity contribution < 1.29 is 8.42 Å². The molecule has 7 heteroatoms. The molecule has 0 atom stereocenters. The quantitative estimate of drug-likeness (QED) is 0.825. The number of anilines is 1. The molecule has 2 rings (SSSR count). The van der Waals surface area contributed by atoms with Crippen LogP contribution < -0.4 is 4.90 Å². The molecule has 0 radical (unpaired) electrons. The van der Waals surface area contributed by atoms with E-state index < -0.39 is 10.0 Å². The van der Waals surface area contributed by atoms with Crippen molar-refractivity contribution >= 4 is 27.3 Å². The average Bonchev–Trinajstić information content (AvgIpc) is 2.38. The standard InChI is InChI=1S/C12H14ClN3O2S/c1-19(17,18)16-6-4-15(5-7-16)11-3-2-10(9-14)12(13)8-11/h2-3,8H,4-7H2,1H3. The van der Waals surface area contributed by atoms with Crippen LogP contribution in [0.1, 0.15) is 5.56 Å². The number of rotatable bonds is 2. The van der Waals surface area contributed by atoms with Gasteiger partial charge in [-0.15, -0.1) is 0 Å². The van der Waals surface area contributed by atoms with E-state index in [2.05, 4.69) is 4.90 Å². The number of nitrogens with zero attached hydrogens (tertiary/aromatic N) is 3. The molecule has 1 fully saturated rings. The summed E-state index contributed by atoms with van der Waals surface area (Å²) in [5.74, 6) is 0. The molecule has 102 valence electrons. The van der Waals surface area contributed by atoms with E-state index in [0.717, 1.165) is 5.69 Å². The molecule has 19 heavy (non-hydrogen) atoms. The molecule has 1 saturated heterocycles. The second kappa shape index (κ2) is 5.37. The third-order valence-electron chi connectivity index (χ3n) is 3.15. The highest BCUT2D eigenvalue weighted by Gasteiger charge is 2.23. The molecular formula is C12H14ClN3O2S. The molecule has 0 amide bonds. The van der Waals surface area contributed by atoms with Gasteiger partial charge in [-0.3, -0.25) is 0 Å². The van der Waals surface area contributed by atoms with Gasteiger partial charge in [0.1, 0.15) is 6.07 Å². The summed E-state index contributed by atoms with van der Waals surface area (Å²) in [5.41, 5.74) is 1.36. The van der Waals surface area contributed by atoms with Gasteiger partial charge >= 0.3 is 0 Å². The minimum atomic E-state index is -3.11. The highest BCUT2D eigenvalue weighted by molar-refractivity contribution is 7.88. The van der Waals surface area contributed by atoms with Crippen LogP contribution in [-0.4, -0.2) is 45.2 Å². The number of benzene rings is 1. The highest BCUT2D eigenvalue weighted by atomic mass is 35.5. The van der Waals surface area contributed by atoms with E-state index in [1.165, 1.54) is 10.6 Å². The molecule has 0 saturated carbocycles. The SMILES string of the molecule is CS(=O)(=O)N1CCN(c2ccc(C#N)c(Cl)c2)CC1. The summed E-state index contributed by atoms with van der Waals surface area (Å²) < 4.78 is 24.3. The lowest BCUT2D eigenvalue weighted by Crippen LogP contribution is -2.48. The summed E-state index contributed by atoms with van der Waals surface area (Å²) >= 11 is 5.99. The van der Waals surface area contributed by atoms with Crippen LogP contribution in [0.4, 0.5) is 5.69 Å². The van der Waals surface area contributed by atoms with Gasteiger partial charge in [0.25, 0.3) is 0 Å². The molecule has 0 N–H and O–H groups in total. The van der Waals surface area contributed by atoms with E-state index in [9.17, 15) is 8.42 Å². The number of halogens is 1. The van der Waals surface area contributed by atoms with Crippen molar-refractivity contribution in [1.29, 1.82) is 5.26 Å². The monoisotopic (exact) mass is 299 g/mol. The van der Waals surface area contributed by atoms with Crippen molar-refractivity contribution in [1.82, 2.24) is 4.31 Å². The molecule has 1 aliphatic heterocycles. The third kappa shape index (κ3) is 3.18. The minimum absolute atomic E-state index is 0.422. The first-order valence-electron chi connectivity index (χ1n) is 5.81. The van der Waals surface area contributed by atoms with Crippen LogP contribution in [0.5, 0.6) is 0 Å². The van der Waals surface area contributed by atoms with Gasteiger partial charge < -0.3 is 4.90 Å². The number of hydrogen-bond acceptors (Lipinski definition) is 4.